The van der Waals surface area contributed by atoms with Gasteiger partial charge in [-0.05, 0) is 25.1 Å². The van der Waals surface area contributed by atoms with E-state index >= 15 is 0 Å². The molecule has 0 saturated carbocycles. The molecule has 1 rings (SSSR count). The van der Waals surface area contributed by atoms with Crippen molar-refractivity contribution in [3.05, 3.63) is 29.6 Å². The molecule has 20 heavy (non-hydrogen) atoms. The zero-order valence-electron chi connectivity index (χ0n) is 10.1. The van der Waals surface area contributed by atoms with Crippen molar-refractivity contribution in [3.8, 4) is 0 Å². The maximum atomic E-state index is 13.0. The van der Waals surface area contributed by atoms with Crippen LogP contribution >= 0.6 is 0 Å². The van der Waals surface area contributed by atoms with Gasteiger partial charge in [0.2, 0.25) is 0 Å². The number of benzene rings is 1. The number of amides is 2. The van der Waals surface area contributed by atoms with E-state index in [9.17, 15) is 27.2 Å². The molecule has 2 amide bonds. The van der Waals surface area contributed by atoms with E-state index in [1.807, 2.05) is 10.6 Å². The Balaban J connectivity index is 2.84. The number of carbonyl (C=O) groups is 2. The number of halogens is 4. The van der Waals surface area contributed by atoms with Crippen LogP contribution in [-0.4, -0.2) is 23.1 Å². The largest absolute Gasteiger partial charge is 0.480 e. The van der Waals surface area contributed by atoms with Crippen LogP contribution < -0.4 is 10.6 Å². The molecule has 1 aromatic carbocycles. The standard InChI is InChI=1S/C11H10F4N2O3/c1-5(9(18)19)16-10(20)17-6-2-3-8(12)7(4-6)11(13,14)15/h2-5H,1H3,(H,18,19)(H2,16,17,20)/t5-/m1/s1. The van der Waals surface area contributed by atoms with Crippen molar-refractivity contribution >= 4 is 17.7 Å². The molecule has 5 nitrogen and oxygen atoms in total. The van der Waals surface area contributed by atoms with Crippen LogP contribution in [-0.2, 0) is 11.0 Å². The molecule has 0 spiro atoms. The minimum Gasteiger partial charge on any atom is -0.480 e. The summed E-state index contributed by atoms with van der Waals surface area (Å²) in [5.74, 6) is -2.78. The van der Waals surface area contributed by atoms with Gasteiger partial charge in [-0.1, -0.05) is 0 Å². The average molecular weight is 294 g/mol. The van der Waals surface area contributed by atoms with Crippen molar-refractivity contribution in [3.63, 3.8) is 0 Å². The first-order chi connectivity index (χ1) is 9.11. The summed E-state index contributed by atoms with van der Waals surface area (Å²) in [5, 5.41) is 12.5. The van der Waals surface area contributed by atoms with Crippen LogP contribution in [0.2, 0.25) is 0 Å². The molecule has 3 N–H and O–H groups in total. The Morgan fingerprint density at radius 1 is 1.30 bits per heavy atom. The summed E-state index contributed by atoms with van der Waals surface area (Å²) in [6.07, 6.45) is -4.90. The van der Waals surface area contributed by atoms with Crippen LogP contribution in [0, 0.1) is 5.82 Å². The molecule has 0 aliphatic carbocycles. The van der Waals surface area contributed by atoms with Crippen molar-refractivity contribution in [2.75, 3.05) is 5.32 Å². The highest BCUT2D eigenvalue weighted by atomic mass is 19.4. The van der Waals surface area contributed by atoms with Crippen molar-refractivity contribution in [1.29, 1.82) is 0 Å². The third-order valence-corrected chi connectivity index (χ3v) is 2.25. The van der Waals surface area contributed by atoms with Crippen LogP contribution in [0.1, 0.15) is 12.5 Å². The van der Waals surface area contributed by atoms with Gasteiger partial charge in [-0.3, -0.25) is 4.79 Å². The van der Waals surface area contributed by atoms with Crippen LogP contribution in [0.3, 0.4) is 0 Å². The monoisotopic (exact) mass is 294 g/mol. The number of carboxylic acid groups (broad SMARTS) is 1. The molecular formula is C11H10F4N2O3. The number of alkyl halides is 3. The van der Waals surface area contributed by atoms with E-state index in [0.717, 1.165) is 6.07 Å². The van der Waals surface area contributed by atoms with E-state index in [4.69, 9.17) is 5.11 Å². The van der Waals surface area contributed by atoms with Crippen molar-refractivity contribution in [2.24, 2.45) is 0 Å². The Kier molecular flexibility index (Phi) is 4.53. The van der Waals surface area contributed by atoms with Gasteiger partial charge in [0, 0.05) is 5.69 Å². The van der Waals surface area contributed by atoms with Crippen LogP contribution in [0.5, 0.6) is 0 Å². The predicted octanol–water partition coefficient (Wildman–Crippen LogP) is 2.44. The summed E-state index contributed by atoms with van der Waals surface area (Å²) in [5.41, 5.74) is -1.84. The number of hydrogen-bond donors (Lipinski definition) is 3. The summed E-state index contributed by atoms with van der Waals surface area (Å²) in [7, 11) is 0. The van der Waals surface area contributed by atoms with Gasteiger partial charge in [-0.2, -0.15) is 13.2 Å². The van der Waals surface area contributed by atoms with Crippen molar-refractivity contribution in [1.82, 2.24) is 5.32 Å². The van der Waals surface area contributed by atoms with Gasteiger partial charge in [0.25, 0.3) is 0 Å². The number of carboxylic acids is 1. The molecule has 0 aliphatic heterocycles. The van der Waals surface area contributed by atoms with Crippen LogP contribution in [0.15, 0.2) is 18.2 Å². The first-order valence-electron chi connectivity index (χ1n) is 5.28. The fraction of sp³-hybridized carbons (Fsp3) is 0.273. The van der Waals surface area contributed by atoms with E-state index in [-0.39, 0.29) is 5.69 Å². The second kappa shape index (κ2) is 5.76. The smallest absolute Gasteiger partial charge is 0.419 e. The zero-order valence-corrected chi connectivity index (χ0v) is 10.1. The molecule has 0 bridgehead atoms. The molecule has 110 valence electrons. The van der Waals surface area contributed by atoms with Gasteiger partial charge in [0.1, 0.15) is 11.9 Å². The SMILES string of the molecule is C[C@@H](NC(=O)Nc1ccc(F)c(C(F)(F)F)c1)C(=O)O. The number of urea groups is 1. The van der Waals surface area contributed by atoms with E-state index in [0.29, 0.717) is 12.1 Å². The van der Waals surface area contributed by atoms with Crippen LogP contribution in [0.25, 0.3) is 0 Å². The van der Waals surface area contributed by atoms with E-state index in [2.05, 4.69) is 0 Å². The minimum absolute atomic E-state index is 0.311. The minimum atomic E-state index is -4.90. The second-order valence-corrected chi connectivity index (χ2v) is 3.85. The Morgan fingerprint density at radius 3 is 2.40 bits per heavy atom. The summed E-state index contributed by atoms with van der Waals surface area (Å²) < 4.78 is 50.3. The molecule has 1 aromatic rings. The normalized spacial score (nSPS) is 12.7. The molecule has 0 radical (unpaired) electrons. The summed E-state index contributed by atoms with van der Waals surface area (Å²) >= 11 is 0. The molecule has 0 aliphatic rings. The lowest BCUT2D eigenvalue weighted by Crippen LogP contribution is -2.40. The Hall–Kier alpha value is -2.32. The quantitative estimate of drug-likeness (QED) is 0.749. The highest BCUT2D eigenvalue weighted by Gasteiger charge is 2.34. The first-order valence-corrected chi connectivity index (χ1v) is 5.28. The molecule has 0 fully saturated rings. The Morgan fingerprint density at radius 2 is 1.90 bits per heavy atom. The fourth-order valence-corrected chi connectivity index (χ4v) is 1.25. The second-order valence-electron chi connectivity index (χ2n) is 3.85. The summed E-state index contributed by atoms with van der Waals surface area (Å²) in [6, 6.07) is -0.341. The lowest BCUT2D eigenvalue weighted by molar-refractivity contribution is -0.140. The highest BCUT2D eigenvalue weighted by molar-refractivity contribution is 5.92. The fourth-order valence-electron chi connectivity index (χ4n) is 1.25. The van der Waals surface area contributed by atoms with Gasteiger partial charge < -0.3 is 15.7 Å². The third kappa shape index (κ3) is 4.11. The van der Waals surface area contributed by atoms with Gasteiger partial charge in [0.05, 0.1) is 5.56 Å². The van der Waals surface area contributed by atoms with E-state index < -0.39 is 35.6 Å². The summed E-state index contributed by atoms with van der Waals surface area (Å²) in [4.78, 5) is 21.8. The third-order valence-electron chi connectivity index (χ3n) is 2.25. The molecular weight excluding hydrogens is 284 g/mol. The maximum absolute atomic E-state index is 13.0. The molecule has 0 aromatic heterocycles. The highest BCUT2D eigenvalue weighted by Crippen LogP contribution is 2.32. The van der Waals surface area contributed by atoms with Gasteiger partial charge >= 0.3 is 18.2 Å². The molecule has 0 unspecified atom stereocenters. The maximum Gasteiger partial charge on any atom is 0.419 e. The number of anilines is 1. The van der Waals surface area contributed by atoms with Gasteiger partial charge in [0.15, 0.2) is 0 Å². The zero-order chi connectivity index (χ0) is 15.5. The topological polar surface area (TPSA) is 78.4 Å². The molecule has 9 heteroatoms. The van der Waals surface area contributed by atoms with Crippen LogP contribution in [0.4, 0.5) is 28.0 Å². The lowest BCUT2D eigenvalue weighted by Gasteiger charge is -2.13. The number of nitrogens with one attached hydrogen (secondary N) is 2. The van der Waals surface area contributed by atoms with Gasteiger partial charge in [-0.15, -0.1) is 0 Å². The van der Waals surface area contributed by atoms with Crippen molar-refractivity contribution < 1.29 is 32.3 Å². The first kappa shape index (κ1) is 15.7. The summed E-state index contributed by atoms with van der Waals surface area (Å²) in [6.45, 7) is 1.17. The Labute approximate surface area is 110 Å². The van der Waals surface area contributed by atoms with E-state index in [1.54, 1.807) is 0 Å². The number of carbonyl (C=O) groups excluding carboxylic acids is 1. The Bertz CT molecular complexity index is 531. The van der Waals surface area contributed by atoms with Crippen molar-refractivity contribution in [2.45, 2.75) is 19.1 Å². The average Bonchev–Trinajstić information content (AvgIpc) is 2.29. The molecule has 0 saturated heterocycles. The number of rotatable bonds is 3. The molecule has 0 heterocycles. The number of hydrogen-bond acceptors (Lipinski definition) is 2. The van der Waals surface area contributed by atoms with Gasteiger partial charge in [-0.25, -0.2) is 9.18 Å². The van der Waals surface area contributed by atoms with E-state index in [1.165, 1.54) is 6.92 Å². The number of aliphatic carboxylic acids is 1. The molecule has 1 atom stereocenters. The predicted molar refractivity (Wildman–Crippen MR) is 60.7 cm³/mol. The lowest BCUT2D eigenvalue weighted by atomic mass is 10.2.